The van der Waals surface area contributed by atoms with Crippen molar-refractivity contribution in [1.29, 1.82) is 0 Å². The molecule has 0 aliphatic rings. The van der Waals surface area contributed by atoms with Gasteiger partial charge in [-0.15, -0.1) is 10.2 Å². The van der Waals surface area contributed by atoms with E-state index in [0.29, 0.717) is 11.1 Å². The number of amides is 1. The molecule has 0 saturated carbocycles. The number of thioether (sulfide) groups is 1. The van der Waals surface area contributed by atoms with Crippen molar-refractivity contribution in [2.45, 2.75) is 24.3 Å². The maximum Gasteiger partial charge on any atom is 0.277 e. The molecule has 0 aliphatic heterocycles. The molecule has 1 heterocycles. The molecule has 3 rings (SSSR count). The van der Waals surface area contributed by atoms with Gasteiger partial charge in [-0.3, -0.25) is 4.79 Å². The zero-order valence-corrected chi connectivity index (χ0v) is 15.6. The van der Waals surface area contributed by atoms with Crippen LogP contribution in [0.15, 0.2) is 52.1 Å². The van der Waals surface area contributed by atoms with Crippen molar-refractivity contribution in [2.24, 2.45) is 5.92 Å². The summed E-state index contributed by atoms with van der Waals surface area (Å²) in [5.41, 5.74) is 0.873. The van der Waals surface area contributed by atoms with Crippen LogP contribution in [0.2, 0.25) is 0 Å². The van der Waals surface area contributed by atoms with E-state index in [2.05, 4.69) is 22.3 Å². The number of carbonyl (C=O) groups excluding carboxylic acids is 1. The van der Waals surface area contributed by atoms with Crippen molar-refractivity contribution in [3.63, 3.8) is 0 Å². The lowest BCUT2D eigenvalue weighted by molar-refractivity contribution is -0.128. The minimum atomic E-state index is -0.250. The second-order valence-electron chi connectivity index (χ2n) is 6.45. The van der Waals surface area contributed by atoms with Crippen LogP contribution in [-0.4, -0.2) is 40.3 Å². The van der Waals surface area contributed by atoms with Crippen molar-refractivity contribution in [2.75, 3.05) is 14.1 Å². The Morgan fingerprint density at radius 2 is 1.80 bits per heavy atom. The first kappa shape index (κ1) is 17.5. The van der Waals surface area contributed by atoms with Gasteiger partial charge in [-0.1, -0.05) is 55.9 Å². The van der Waals surface area contributed by atoms with E-state index in [-0.39, 0.29) is 17.1 Å². The molecular weight excluding hydrogens is 334 g/mol. The highest BCUT2D eigenvalue weighted by Gasteiger charge is 2.27. The maximum absolute atomic E-state index is 12.3. The van der Waals surface area contributed by atoms with Crippen molar-refractivity contribution in [1.82, 2.24) is 15.1 Å². The molecular formula is C19H21N3O2S. The summed E-state index contributed by atoms with van der Waals surface area (Å²) < 4.78 is 5.80. The van der Waals surface area contributed by atoms with E-state index < -0.39 is 0 Å². The van der Waals surface area contributed by atoms with Gasteiger partial charge in [0.05, 0.1) is 5.25 Å². The Balaban J connectivity index is 1.84. The summed E-state index contributed by atoms with van der Waals surface area (Å²) in [6.07, 6.45) is 0. The van der Waals surface area contributed by atoms with Crippen LogP contribution in [0.25, 0.3) is 22.2 Å². The number of fused-ring (bicyclic) bond motifs is 1. The summed E-state index contributed by atoms with van der Waals surface area (Å²) in [5, 5.41) is 10.7. The summed E-state index contributed by atoms with van der Waals surface area (Å²) >= 11 is 1.32. The second kappa shape index (κ2) is 7.27. The third-order valence-electron chi connectivity index (χ3n) is 3.92. The Labute approximate surface area is 151 Å². The zero-order chi connectivity index (χ0) is 18.0. The monoisotopic (exact) mass is 355 g/mol. The first-order valence-electron chi connectivity index (χ1n) is 8.16. The molecule has 1 amide bonds. The van der Waals surface area contributed by atoms with E-state index in [1.165, 1.54) is 11.8 Å². The molecule has 0 fully saturated rings. The normalized spacial score (nSPS) is 12.5. The summed E-state index contributed by atoms with van der Waals surface area (Å²) in [7, 11) is 3.51. The van der Waals surface area contributed by atoms with Gasteiger partial charge < -0.3 is 9.32 Å². The second-order valence-corrected chi connectivity index (χ2v) is 7.54. The van der Waals surface area contributed by atoms with Crippen LogP contribution in [0.3, 0.4) is 0 Å². The van der Waals surface area contributed by atoms with Crippen LogP contribution in [-0.2, 0) is 4.79 Å². The van der Waals surface area contributed by atoms with Crippen LogP contribution in [0.4, 0.5) is 0 Å². The molecule has 130 valence electrons. The van der Waals surface area contributed by atoms with Crippen molar-refractivity contribution in [3.05, 3.63) is 42.5 Å². The lowest BCUT2D eigenvalue weighted by atomic mass is 10.1. The van der Waals surface area contributed by atoms with Gasteiger partial charge in [0.25, 0.3) is 5.22 Å². The average molecular weight is 355 g/mol. The lowest BCUT2D eigenvalue weighted by Gasteiger charge is -2.21. The van der Waals surface area contributed by atoms with E-state index in [1.807, 2.05) is 44.2 Å². The van der Waals surface area contributed by atoms with E-state index in [0.717, 1.165) is 16.3 Å². The Hall–Kier alpha value is -2.34. The van der Waals surface area contributed by atoms with Gasteiger partial charge in [0.2, 0.25) is 11.8 Å². The van der Waals surface area contributed by atoms with E-state index in [1.54, 1.807) is 19.0 Å². The van der Waals surface area contributed by atoms with Crippen LogP contribution in [0, 0.1) is 5.92 Å². The molecule has 0 spiro atoms. The van der Waals surface area contributed by atoms with E-state index in [9.17, 15) is 4.79 Å². The van der Waals surface area contributed by atoms with Crippen molar-refractivity contribution in [3.8, 4) is 11.5 Å². The SMILES string of the molecule is CC(C)[C@@H](Sc1nnc(-c2ccc3ccccc3c2)o1)C(=O)N(C)C. The van der Waals surface area contributed by atoms with Gasteiger partial charge in [-0.05, 0) is 28.8 Å². The minimum Gasteiger partial charge on any atom is -0.411 e. The lowest BCUT2D eigenvalue weighted by Crippen LogP contribution is -2.34. The molecule has 0 aliphatic carbocycles. The van der Waals surface area contributed by atoms with Crippen LogP contribution >= 0.6 is 11.8 Å². The number of hydrogen-bond acceptors (Lipinski definition) is 5. The topological polar surface area (TPSA) is 59.2 Å². The highest BCUT2D eigenvalue weighted by molar-refractivity contribution is 8.00. The van der Waals surface area contributed by atoms with Crippen molar-refractivity contribution >= 4 is 28.4 Å². The number of carbonyl (C=O) groups is 1. The fourth-order valence-corrected chi connectivity index (χ4v) is 3.55. The van der Waals surface area contributed by atoms with E-state index >= 15 is 0 Å². The number of nitrogens with zero attached hydrogens (tertiary/aromatic N) is 3. The van der Waals surface area contributed by atoms with Crippen molar-refractivity contribution < 1.29 is 9.21 Å². The molecule has 0 bridgehead atoms. The predicted octanol–water partition coefficient (Wildman–Crippen LogP) is 4.09. The largest absolute Gasteiger partial charge is 0.411 e. The molecule has 6 heteroatoms. The average Bonchev–Trinajstić information content (AvgIpc) is 3.07. The quantitative estimate of drug-likeness (QED) is 0.645. The zero-order valence-electron chi connectivity index (χ0n) is 14.8. The summed E-state index contributed by atoms with van der Waals surface area (Å²) in [6, 6.07) is 14.2. The highest BCUT2D eigenvalue weighted by Crippen LogP contribution is 2.31. The maximum atomic E-state index is 12.3. The minimum absolute atomic E-state index is 0.0467. The predicted molar refractivity (Wildman–Crippen MR) is 100 cm³/mol. The Kier molecular flexibility index (Phi) is 5.08. The molecule has 1 atom stereocenters. The molecule has 25 heavy (non-hydrogen) atoms. The number of hydrogen-bond donors (Lipinski definition) is 0. The summed E-state index contributed by atoms with van der Waals surface area (Å²) in [4.78, 5) is 13.9. The standard InChI is InChI=1S/C19H21N3O2S/c1-12(2)16(18(23)22(3)4)25-19-21-20-17(24-19)15-10-9-13-7-5-6-8-14(13)11-15/h5-12,16H,1-4H3/t16-/m1/s1. The fraction of sp³-hybridized carbons (Fsp3) is 0.316. The molecule has 0 radical (unpaired) electrons. The number of rotatable bonds is 5. The van der Waals surface area contributed by atoms with Crippen LogP contribution < -0.4 is 0 Å². The van der Waals surface area contributed by atoms with Crippen LogP contribution in [0.5, 0.6) is 0 Å². The van der Waals surface area contributed by atoms with E-state index in [4.69, 9.17) is 4.42 Å². The molecule has 0 saturated heterocycles. The molecule has 5 nitrogen and oxygen atoms in total. The first-order valence-corrected chi connectivity index (χ1v) is 9.04. The molecule has 0 N–H and O–H groups in total. The third kappa shape index (κ3) is 3.85. The van der Waals surface area contributed by atoms with Gasteiger partial charge in [0.1, 0.15) is 0 Å². The Morgan fingerprint density at radius 1 is 1.08 bits per heavy atom. The Bertz CT molecular complexity index is 889. The van der Waals surface area contributed by atoms with Gasteiger partial charge in [-0.2, -0.15) is 0 Å². The molecule has 0 unspecified atom stereocenters. The molecule has 1 aromatic heterocycles. The number of benzene rings is 2. The molecule has 2 aromatic carbocycles. The summed E-state index contributed by atoms with van der Waals surface area (Å²) in [5.74, 6) is 0.675. The highest BCUT2D eigenvalue weighted by atomic mass is 32.2. The van der Waals surface area contributed by atoms with Gasteiger partial charge in [0, 0.05) is 19.7 Å². The number of aromatic nitrogens is 2. The summed E-state index contributed by atoms with van der Waals surface area (Å²) in [6.45, 7) is 4.03. The van der Waals surface area contributed by atoms with Crippen LogP contribution in [0.1, 0.15) is 13.8 Å². The Morgan fingerprint density at radius 3 is 2.48 bits per heavy atom. The third-order valence-corrected chi connectivity index (χ3v) is 5.29. The van der Waals surface area contributed by atoms with Gasteiger partial charge in [-0.25, -0.2) is 0 Å². The first-order chi connectivity index (χ1) is 12.0. The fourth-order valence-electron chi connectivity index (χ4n) is 2.53. The molecule has 3 aromatic rings. The smallest absolute Gasteiger partial charge is 0.277 e. The van der Waals surface area contributed by atoms with Gasteiger partial charge >= 0.3 is 0 Å². The van der Waals surface area contributed by atoms with Gasteiger partial charge in [0.15, 0.2) is 0 Å².